The third-order valence-electron chi connectivity index (χ3n) is 3.00. The van der Waals surface area contributed by atoms with E-state index in [4.69, 9.17) is 0 Å². The number of alkyl halides is 1. The Kier molecular flexibility index (Phi) is 3.84. The molecule has 1 N–H and O–H groups in total. The minimum Gasteiger partial charge on any atom is -0.304 e. The van der Waals surface area contributed by atoms with Crippen LogP contribution >= 0.6 is 15.9 Å². The van der Waals surface area contributed by atoms with E-state index in [1.807, 2.05) is 0 Å². The molecule has 0 aromatic heterocycles. The average Bonchev–Trinajstić information content (AvgIpc) is 2.63. The largest absolute Gasteiger partial charge is 0.304 e. The highest BCUT2D eigenvalue weighted by molar-refractivity contribution is 9.10. The van der Waals surface area contributed by atoms with Crippen molar-refractivity contribution in [2.24, 2.45) is 0 Å². The maximum atomic E-state index is 13.8. The first-order chi connectivity index (χ1) is 9.21. The molecule has 1 aromatic carbocycles. The Hall–Kier alpha value is -1.47. The third kappa shape index (κ3) is 2.69. The van der Waals surface area contributed by atoms with E-state index in [0.717, 1.165) is 23.2 Å². The van der Waals surface area contributed by atoms with Crippen LogP contribution in [0.3, 0.4) is 0 Å². The number of hydrogen-bond acceptors (Lipinski definition) is 3. The Morgan fingerprint density at radius 2 is 2.15 bits per heavy atom. The monoisotopic (exact) mass is 344 g/mol. The first-order valence-corrected chi connectivity index (χ1v) is 6.77. The molecule has 0 saturated carbocycles. The fourth-order valence-corrected chi connectivity index (χ4v) is 2.50. The van der Waals surface area contributed by atoms with Crippen LogP contribution in [-0.2, 0) is 9.59 Å². The van der Waals surface area contributed by atoms with Gasteiger partial charge < -0.3 is 4.90 Å². The second-order valence-corrected chi connectivity index (χ2v) is 5.99. The van der Waals surface area contributed by atoms with Crippen molar-refractivity contribution in [2.45, 2.75) is 25.7 Å². The molecule has 2 rings (SSSR count). The third-order valence-corrected chi connectivity index (χ3v) is 3.50. The van der Waals surface area contributed by atoms with Gasteiger partial charge in [0, 0.05) is 4.47 Å². The number of nitrogens with zero attached hydrogens (tertiary/aromatic N) is 2. The van der Waals surface area contributed by atoms with Crippen molar-refractivity contribution in [3.8, 4) is 0 Å². The molecule has 1 aromatic rings. The van der Waals surface area contributed by atoms with Crippen LogP contribution in [0.25, 0.3) is 0 Å². The van der Waals surface area contributed by atoms with E-state index in [1.165, 1.54) is 0 Å². The molecule has 20 heavy (non-hydrogen) atoms. The van der Waals surface area contributed by atoms with Gasteiger partial charge in [-0.1, -0.05) is 28.1 Å². The lowest BCUT2D eigenvalue weighted by molar-refractivity contribution is -0.174. The minimum absolute atomic E-state index is 0.347. The molecule has 1 atom stereocenters. The van der Waals surface area contributed by atoms with E-state index in [0.29, 0.717) is 10.6 Å². The summed E-state index contributed by atoms with van der Waals surface area (Å²) in [5.41, 5.74) is -1.60. The second-order valence-electron chi connectivity index (χ2n) is 5.07. The number of amides is 2. The van der Waals surface area contributed by atoms with Crippen LogP contribution in [0.5, 0.6) is 0 Å². The van der Waals surface area contributed by atoms with E-state index in [-0.39, 0.29) is 6.54 Å². The Morgan fingerprint density at radius 3 is 2.70 bits per heavy atom. The van der Waals surface area contributed by atoms with Gasteiger partial charge in [-0.25, -0.2) is 4.39 Å². The Labute approximate surface area is 124 Å². The lowest BCUT2D eigenvalue weighted by Crippen LogP contribution is -2.43. The summed E-state index contributed by atoms with van der Waals surface area (Å²) in [7, 11) is 0. The van der Waals surface area contributed by atoms with E-state index in [1.54, 1.807) is 24.3 Å². The summed E-state index contributed by atoms with van der Waals surface area (Å²) in [5.74, 6) is -1.49. The summed E-state index contributed by atoms with van der Waals surface area (Å²) in [6.45, 7) is 1.90. The van der Waals surface area contributed by atoms with Crippen LogP contribution in [-0.4, -0.2) is 39.2 Å². The molecule has 0 radical (unpaired) electrons. The van der Waals surface area contributed by atoms with E-state index >= 15 is 0 Å². The van der Waals surface area contributed by atoms with Crippen LogP contribution in [0.2, 0.25) is 0 Å². The number of carbonyl (C=O) groups is 2. The second kappa shape index (κ2) is 5.14. The summed E-state index contributed by atoms with van der Waals surface area (Å²) in [4.78, 5) is 24.7. The highest BCUT2D eigenvalue weighted by Crippen LogP contribution is 2.33. The van der Waals surface area contributed by atoms with Crippen molar-refractivity contribution in [1.82, 2.24) is 9.96 Å². The predicted molar refractivity (Wildman–Crippen MR) is 72.4 cm³/mol. The van der Waals surface area contributed by atoms with Crippen molar-refractivity contribution in [2.75, 3.05) is 6.54 Å². The smallest absolute Gasteiger partial charge is 0.267 e. The standard InChI is InChI=1S/C13H14BrFN2O3/c1-13(2,15)12(19)16-7-10(18)17(20)11(16)8-4-3-5-9(14)6-8/h3-6,11,20H,7H2,1-2H3. The zero-order valence-electron chi connectivity index (χ0n) is 11.0. The topological polar surface area (TPSA) is 60.9 Å². The van der Waals surface area contributed by atoms with E-state index in [2.05, 4.69) is 15.9 Å². The number of halogens is 2. The summed E-state index contributed by atoms with van der Waals surface area (Å²) in [6, 6.07) is 6.80. The maximum absolute atomic E-state index is 13.8. The zero-order chi connectivity index (χ0) is 15.1. The molecule has 2 amide bonds. The SMILES string of the molecule is CC(C)(F)C(=O)N1CC(=O)N(O)C1c1cccc(Br)c1. The van der Waals surface area contributed by atoms with Gasteiger partial charge in [0.15, 0.2) is 11.8 Å². The van der Waals surface area contributed by atoms with Crippen LogP contribution in [0, 0.1) is 0 Å². The van der Waals surface area contributed by atoms with E-state index in [9.17, 15) is 19.2 Å². The first kappa shape index (κ1) is 14.9. The van der Waals surface area contributed by atoms with Crippen molar-refractivity contribution < 1.29 is 19.2 Å². The molecular formula is C13H14BrFN2O3. The summed E-state index contributed by atoms with van der Waals surface area (Å²) < 4.78 is 14.6. The van der Waals surface area contributed by atoms with Crippen molar-refractivity contribution in [3.05, 3.63) is 34.3 Å². The molecule has 5 nitrogen and oxygen atoms in total. The summed E-state index contributed by atoms with van der Waals surface area (Å²) >= 11 is 3.28. The number of rotatable bonds is 2. The molecule has 0 aliphatic carbocycles. The van der Waals surface area contributed by atoms with Gasteiger partial charge >= 0.3 is 0 Å². The number of hydrogen-bond donors (Lipinski definition) is 1. The fraction of sp³-hybridized carbons (Fsp3) is 0.385. The molecule has 1 aliphatic heterocycles. The quantitative estimate of drug-likeness (QED) is 0.837. The molecule has 1 fully saturated rings. The molecule has 1 heterocycles. The van der Waals surface area contributed by atoms with Gasteiger partial charge in [0.1, 0.15) is 6.54 Å². The van der Waals surface area contributed by atoms with Crippen molar-refractivity contribution in [1.29, 1.82) is 0 Å². The summed E-state index contributed by atoms with van der Waals surface area (Å²) in [5, 5.41) is 10.3. The van der Waals surface area contributed by atoms with Gasteiger partial charge in [-0.05, 0) is 31.5 Å². The minimum atomic E-state index is -2.12. The normalized spacial score (nSPS) is 19.6. The van der Waals surface area contributed by atoms with Gasteiger partial charge in [0.05, 0.1) is 0 Å². The van der Waals surface area contributed by atoms with Crippen LogP contribution in [0.4, 0.5) is 4.39 Å². The lowest BCUT2D eigenvalue weighted by atomic mass is 10.1. The number of carbonyl (C=O) groups excluding carboxylic acids is 2. The molecular weight excluding hydrogens is 331 g/mol. The van der Waals surface area contributed by atoms with Crippen LogP contribution < -0.4 is 0 Å². The van der Waals surface area contributed by atoms with Crippen molar-refractivity contribution in [3.63, 3.8) is 0 Å². The fourth-order valence-electron chi connectivity index (χ4n) is 2.09. The number of hydroxylamine groups is 2. The number of benzene rings is 1. The van der Waals surface area contributed by atoms with Gasteiger partial charge in [-0.15, -0.1) is 0 Å². The zero-order valence-corrected chi connectivity index (χ0v) is 12.6. The molecule has 7 heteroatoms. The molecule has 1 aliphatic rings. The maximum Gasteiger partial charge on any atom is 0.267 e. The van der Waals surface area contributed by atoms with Gasteiger partial charge in [-0.2, -0.15) is 5.06 Å². The highest BCUT2D eigenvalue weighted by Gasteiger charge is 2.45. The molecule has 1 saturated heterocycles. The highest BCUT2D eigenvalue weighted by atomic mass is 79.9. The Bertz CT molecular complexity index is 559. The van der Waals surface area contributed by atoms with Gasteiger partial charge in [0.25, 0.3) is 11.8 Å². The van der Waals surface area contributed by atoms with Gasteiger partial charge in [0.2, 0.25) is 0 Å². The average molecular weight is 345 g/mol. The predicted octanol–water partition coefficient (Wildman–Crippen LogP) is 2.26. The van der Waals surface area contributed by atoms with Gasteiger partial charge in [-0.3, -0.25) is 14.8 Å². The van der Waals surface area contributed by atoms with Crippen molar-refractivity contribution >= 4 is 27.7 Å². The molecule has 0 spiro atoms. The van der Waals surface area contributed by atoms with E-state index < -0.39 is 23.6 Å². The first-order valence-electron chi connectivity index (χ1n) is 5.98. The molecule has 0 bridgehead atoms. The lowest BCUT2D eigenvalue weighted by Gasteiger charge is -2.29. The molecule has 1 unspecified atom stereocenters. The van der Waals surface area contributed by atoms with Crippen LogP contribution in [0.1, 0.15) is 25.6 Å². The summed E-state index contributed by atoms with van der Waals surface area (Å²) in [6.07, 6.45) is -1.01. The van der Waals surface area contributed by atoms with Crippen LogP contribution in [0.15, 0.2) is 28.7 Å². The Morgan fingerprint density at radius 1 is 1.50 bits per heavy atom. The Balaban J connectivity index is 2.41. The molecule has 108 valence electrons.